The molecule has 0 spiro atoms. The van der Waals surface area contributed by atoms with Crippen molar-refractivity contribution in [3.05, 3.63) is 47.5 Å². The fourth-order valence-electron chi connectivity index (χ4n) is 3.44. The molecule has 2 aliphatic heterocycles. The maximum atomic E-state index is 12.9. The molecule has 9 heteroatoms. The highest BCUT2D eigenvalue weighted by molar-refractivity contribution is 6.07. The van der Waals surface area contributed by atoms with Crippen molar-refractivity contribution < 1.29 is 14.4 Å². The first kappa shape index (κ1) is 16.2. The van der Waals surface area contributed by atoms with Crippen LogP contribution in [-0.4, -0.2) is 44.1 Å². The van der Waals surface area contributed by atoms with Crippen LogP contribution in [-0.2, 0) is 16.9 Å². The van der Waals surface area contributed by atoms with Gasteiger partial charge in [-0.05, 0) is 31.5 Å². The molecule has 2 aromatic rings. The van der Waals surface area contributed by atoms with E-state index >= 15 is 0 Å². The number of amides is 4. The number of carbonyl (C=O) groups is 3. The molecule has 1 fully saturated rings. The second kappa shape index (κ2) is 5.65. The first-order chi connectivity index (χ1) is 12.4. The number of nitrogens with one attached hydrogen (secondary N) is 2. The number of hydrogen-bond donors (Lipinski definition) is 2. The highest BCUT2D eigenvalue weighted by Crippen LogP contribution is 2.27. The largest absolute Gasteiger partial charge is 0.327 e. The van der Waals surface area contributed by atoms with Crippen LogP contribution in [0.1, 0.15) is 41.6 Å². The molecule has 1 saturated heterocycles. The summed E-state index contributed by atoms with van der Waals surface area (Å²) in [5, 5.41) is 12.8. The second-order valence-corrected chi connectivity index (χ2v) is 6.67. The number of hydrogen-bond acceptors (Lipinski definition) is 5. The van der Waals surface area contributed by atoms with Gasteiger partial charge in [0, 0.05) is 18.7 Å². The van der Waals surface area contributed by atoms with E-state index in [9.17, 15) is 14.4 Å². The van der Waals surface area contributed by atoms with Crippen LogP contribution < -0.4 is 10.6 Å². The van der Waals surface area contributed by atoms with Gasteiger partial charge in [0.2, 0.25) is 0 Å². The molecule has 4 rings (SSSR count). The van der Waals surface area contributed by atoms with Crippen molar-refractivity contribution in [2.45, 2.75) is 32.0 Å². The zero-order valence-corrected chi connectivity index (χ0v) is 14.4. The first-order valence-electron chi connectivity index (χ1n) is 8.33. The van der Waals surface area contributed by atoms with Crippen molar-refractivity contribution in [2.24, 2.45) is 0 Å². The van der Waals surface area contributed by atoms with Gasteiger partial charge in [0.1, 0.15) is 11.9 Å². The van der Waals surface area contributed by atoms with Crippen molar-refractivity contribution in [3.63, 3.8) is 0 Å². The Balaban J connectivity index is 1.57. The van der Waals surface area contributed by atoms with E-state index in [2.05, 4.69) is 20.8 Å². The van der Waals surface area contributed by atoms with Crippen LogP contribution in [0, 0.1) is 0 Å². The van der Waals surface area contributed by atoms with Crippen LogP contribution >= 0.6 is 0 Å². The lowest BCUT2D eigenvalue weighted by molar-refractivity contribution is -0.123. The number of urea groups is 1. The van der Waals surface area contributed by atoms with Gasteiger partial charge >= 0.3 is 6.03 Å². The van der Waals surface area contributed by atoms with Crippen molar-refractivity contribution in [1.82, 2.24) is 30.3 Å². The first-order valence-corrected chi connectivity index (χ1v) is 8.33. The molecule has 4 amide bonds. The zero-order valence-electron chi connectivity index (χ0n) is 14.4. The molecule has 2 N–H and O–H groups in total. The molecule has 2 unspecified atom stereocenters. The topological polar surface area (TPSA) is 109 Å². The van der Waals surface area contributed by atoms with Gasteiger partial charge in [0.05, 0.1) is 6.04 Å². The van der Waals surface area contributed by atoms with E-state index in [-0.39, 0.29) is 11.9 Å². The van der Waals surface area contributed by atoms with Gasteiger partial charge in [-0.15, -0.1) is 10.2 Å². The summed E-state index contributed by atoms with van der Waals surface area (Å²) in [7, 11) is 0. The highest BCUT2D eigenvalue weighted by atomic mass is 16.2. The minimum absolute atomic E-state index is 0.108. The van der Waals surface area contributed by atoms with E-state index in [1.807, 2.05) is 11.5 Å². The van der Waals surface area contributed by atoms with Gasteiger partial charge in [0.25, 0.3) is 11.8 Å². The smallest absolute Gasteiger partial charge is 0.322 e. The van der Waals surface area contributed by atoms with E-state index in [4.69, 9.17) is 0 Å². The Morgan fingerprint density at radius 2 is 1.96 bits per heavy atom. The van der Waals surface area contributed by atoms with Crippen LogP contribution in [0.2, 0.25) is 0 Å². The molecule has 2 atom stereocenters. The van der Waals surface area contributed by atoms with Crippen molar-refractivity contribution >= 4 is 17.8 Å². The van der Waals surface area contributed by atoms with Gasteiger partial charge in [-0.25, -0.2) is 4.79 Å². The molecule has 0 bridgehead atoms. The molecule has 1 aromatic heterocycles. The fourth-order valence-corrected chi connectivity index (χ4v) is 3.44. The second-order valence-electron chi connectivity index (χ2n) is 6.67. The average Bonchev–Trinajstić information content (AvgIpc) is 3.20. The Labute approximate surface area is 149 Å². The maximum absolute atomic E-state index is 12.9. The van der Waals surface area contributed by atoms with Crippen molar-refractivity contribution in [2.75, 3.05) is 6.54 Å². The summed E-state index contributed by atoms with van der Waals surface area (Å²) in [6.45, 7) is 4.78. The lowest BCUT2D eigenvalue weighted by Crippen LogP contribution is -2.41. The normalized spacial score (nSPS) is 24.8. The number of rotatable bonds is 2. The lowest BCUT2D eigenvalue weighted by atomic mass is 9.91. The van der Waals surface area contributed by atoms with Gasteiger partial charge < -0.3 is 14.8 Å². The van der Waals surface area contributed by atoms with E-state index in [0.717, 1.165) is 5.82 Å². The van der Waals surface area contributed by atoms with Crippen LogP contribution in [0.4, 0.5) is 4.79 Å². The Morgan fingerprint density at radius 3 is 2.62 bits per heavy atom. The maximum Gasteiger partial charge on any atom is 0.322 e. The SMILES string of the molecule is CC1c2nncn2CCN1C(=O)c1ccc(C2(C)NC(=O)NC2=O)cc1. The van der Waals surface area contributed by atoms with Crippen molar-refractivity contribution in [3.8, 4) is 0 Å². The summed E-state index contributed by atoms with van der Waals surface area (Å²) < 4.78 is 1.94. The Morgan fingerprint density at radius 1 is 1.23 bits per heavy atom. The van der Waals surface area contributed by atoms with Crippen molar-refractivity contribution in [1.29, 1.82) is 0 Å². The van der Waals surface area contributed by atoms with Crippen LogP contribution in [0.15, 0.2) is 30.6 Å². The van der Waals surface area contributed by atoms with Crippen LogP contribution in [0.3, 0.4) is 0 Å². The minimum atomic E-state index is -1.13. The molecule has 26 heavy (non-hydrogen) atoms. The molecular weight excluding hydrogens is 336 g/mol. The number of imide groups is 1. The number of carbonyl (C=O) groups excluding carboxylic acids is 3. The summed E-state index contributed by atoms with van der Waals surface area (Å²) >= 11 is 0. The van der Waals surface area contributed by atoms with Gasteiger partial charge in [0.15, 0.2) is 5.82 Å². The molecule has 3 heterocycles. The van der Waals surface area contributed by atoms with Gasteiger partial charge in [-0.3, -0.25) is 14.9 Å². The molecule has 9 nitrogen and oxygen atoms in total. The highest BCUT2D eigenvalue weighted by Gasteiger charge is 2.43. The monoisotopic (exact) mass is 354 g/mol. The number of nitrogens with zero attached hydrogens (tertiary/aromatic N) is 4. The Bertz CT molecular complexity index is 905. The lowest BCUT2D eigenvalue weighted by Gasteiger charge is -2.33. The van der Waals surface area contributed by atoms with Gasteiger partial charge in [-0.1, -0.05) is 12.1 Å². The summed E-state index contributed by atoms with van der Waals surface area (Å²) in [5.41, 5.74) is -0.00114. The fraction of sp³-hybridized carbons (Fsp3) is 0.353. The third kappa shape index (κ3) is 2.35. The molecule has 0 aliphatic carbocycles. The third-order valence-electron chi connectivity index (χ3n) is 5.08. The molecular formula is C17H18N6O3. The van der Waals surface area contributed by atoms with E-state index in [1.165, 1.54) is 0 Å². The molecule has 134 valence electrons. The molecule has 0 saturated carbocycles. The average molecular weight is 354 g/mol. The van der Waals surface area contributed by atoms with E-state index < -0.39 is 17.5 Å². The summed E-state index contributed by atoms with van der Waals surface area (Å²) in [4.78, 5) is 38.1. The molecule has 0 radical (unpaired) electrons. The number of fused-ring (bicyclic) bond motifs is 1. The van der Waals surface area contributed by atoms with E-state index in [1.54, 1.807) is 42.4 Å². The third-order valence-corrected chi connectivity index (χ3v) is 5.08. The quantitative estimate of drug-likeness (QED) is 0.766. The van der Waals surface area contributed by atoms with E-state index in [0.29, 0.717) is 24.2 Å². The van der Waals surface area contributed by atoms with Crippen LogP contribution in [0.25, 0.3) is 0 Å². The predicted octanol–water partition coefficient (Wildman–Crippen LogP) is 0.550. The standard InChI is InChI=1S/C17H18N6O3/c1-10-13-21-18-9-22(13)7-8-23(10)14(24)11-3-5-12(6-4-11)17(2)15(25)19-16(26)20-17/h3-6,9-10H,7-8H2,1-2H3,(H2,19,20,25,26). The number of aromatic nitrogens is 3. The molecule has 2 aliphatic rings. The predicted molar refractivity (Wildman–Crippen MR) is 89.9 cm³/mol. The van der Waals surface area contributed by atoms with Crippen LogP contribution in [0.5, 0.6) is 0 Å². The molecule has 1 aromatic carbocycles. The Hall–Kier alpha value is -3.23. The number of benzene rings is 1. The Kier molecular flexibility index (Phi) is 3.53. The minimum Gasteiger partial charge on any atom is -0.327 e. The summed E-state index contributed by atoms with van der Waals surface area (Å²) in [6, 6.07) is 6.03. The van der Waals surface area contributed by atoms with Gasteiger partial charge in [-0.2, -0.15) is 0 Å². The zero-order chi connectivity index (χ0) is 18.5. The summed E-state index contributed by atoms with van der Waals surface area (Å²) in [6.07, 6.45) is 1.67. The summed E-state index contributed by atoms with van der Waals surface area (Å²) in [5.74, 6) is 0.244.